The maximum atomic E-state index is 12.0. The van der Waals surface area contributed by atoms with Crippen molar-refractivity contribution >= 4 is 25.7 Å². The monoisotopic (exact) mass is 316 g/mol. The number of hydrogen-bond acceptors (Lipinski definition) is 5. The standard InChI is InChI=1S/C10H12N4O4S2/c1-7-8(3-2-4-9(7)19(11,15)16)14-20(17,18)10-5-12-6-13-10/h2-6,14H,1H3,(H,12,13)(H2,11,15,16). The Bertz CT molecular complexity index is 826. The minimum absolute atomic E-state index is 0.127. The van der Waals surface area contributed by atoms with Crippen LogP contribution in [-0.4, -0.2) is 26.8 Å². The molecule has 20 heavy (non-hydrogen) atoms. The number of nitrogens with two attached hydrogens (primary N) is 1. The number of imidazole rings is 1. The first-order valence-corrected chi connectivity index (χ1v) is 8.38. The zero-order valence-electron chi connectivity index (χ0n) is 10.4. The smallest absolute Gasteiger partial charge is 0.278 e. The molecule has 10 heteroatoms. The summed E-state index contributed by atoms with van der Waals surface area (Å²) in [6, 6.07) is 4.15. The van der Waals surface area contributed by atoms with E-state index >= 15 is 0 Å². The van der Waals surface area contributed by atoms with Crippen molar-refractivity contribution < 1.29 is 16.8 Å². The van der Waals surface area contributed by atoms with Crippen LogP contribution in [0, 0.1) is 6.92 Å². The fourth-order valence-corrected chi connectivity index (χ4v) is 3.46. The SMILES string of the molecule is Cc1c(NS(=O)(=O)c2cnc[nH]2)cccc1S(N)(=O)=O. The van der Waals surface area contributed by atoms with E-state index in [4.69, 9.17) is 5.14 Å². The lowest BCUT2D eigenvalue weighted by Crippen LogP contribution is -2.17. The molecule has 2 rings (SSSR count). The first kappa shape index (κ1) is 14.5. The first-order chi connectivity index (χ1) is 9.22. The lowest BCUT2D eigenvalue weighted by molar-refractivity contribution is 0.595. The van der Waals surface area contributed by atoms with Crippen molar-refractivity contribution in [1.29, 1.82) is 0 Å². The van der Waals surface area contributed by atoms with E-state index < -0.39 is 20.0 Å². The molecule has 0 saturated heterocycles. The summed E-state index contributed by atoms with van der Waals surface area (Å²) < 4.78 is 49.1. The molecule has 1 aromatic carbocycles. The van der Waals surface area contributed by atoms with Crippen molar-refractivity contribution in [3.63, 3.8) is 0 Å². The second-order valence-corrected chi connectivity index (χ2v) is 7.18. The minimum Gasteiger partial charge on any atom is -0.334 e. The summed E-state index contributed by atoms with van der Waals surface area (Å²) >= 11 is 0. The molecule has 0 saturated carbocycles. The maximum Gasteiger partial charge on any atom is 0.278 e. The summed E-state index contributed by atoms with van der Waals surface area (Å²) in [6.07, 6.45) is 2.36. The molecule has 0 spiro atoms. The van der Waals surface area contributed by atoms with Crippen LogP contribution in [0.4, 0.5) is 5.69 Å². The fourth-order valence-electron chi connectivity index (χ4n) is 1.62. The highest BCUT2D eigenvalue weighted by Gasteiger charge is 2.19. The van der Waals surface area contributed by atoms with Crippen molar-refractivity contribution in [3.05, 3.63) is 36.3 Å². The number of aromatic nitrogens is 2. The highest BCUT2D eigenvalue weighted by atomic mass is 32.2. The Morgan fingerprint density at radius 3 is 2.50 bits per heavy atom. The molecule has 108 valence electrons. The predicted octanol–water partition coefficient (Wildman–Crippen LogP) is 0.166. The molecule has 1 heterocycles. The number of hydrogen-bond donors (Lipinski definition) is 3. The van der Waals surface area contributed by atoms with Crippen LogP contribution in [0.3, 0.4) is 0 Å². The number of nitrogens with zero attached hydrogens (tertiary/aromatic N) is 1. The van der Waals surface area contributed by atoms with Crippen LogP contribution in [0.15, 0.2) is 40.6 Å². The van der Waals surface area contributed by atoms with Gasteiger partial charge in [-0.1, -0.05) is 6.07 Å². The number of rotatable bonds is 4. The van der Waals surface area contributed by atoms with E-state index in [1.807, 2.05) is 0 Å². The van der Waals surface area contributed by atoms with Gasteiger partial charge >= 0.3 is 0 Å². The summed E-state index contributed by atoms with van der Waals surface area (Å²) in [6.45, 7) is 1.46. The Morgan fingerprint density at radius 1 is 1.25 bits per heavy atom. The van der Waals surface area contributed by atoms with Crippen LogP contribution >= 0.6 is 0 Å². The van der Waals surface area contributed by atoms with Gasteiger partial charge in [-0.15, -0.1) is 0 Å². The molecule has 0 aliphatic carbocycles. The number of primary sulfonamides is 1. The van der Waals surface area contributed by atoms with E-state index in [0.29, 0.717) is 0 Å². The Hall–Kier alpha value is -1.91. The Kier molecular flexibility index (Phi) is 3.54. The zero-order chi connectivity index (χ0) is 15.0. The van der Waals surface area contributed by atoms with Crippen molar-refractivity contribution in [2.75, 3.05) is 4.72 Å². The van der Waals surface area contributed by atoms with Crippen molar-refractivity contribution in [3.8, 4) is 0 Å². The van der Waals surface area contributed by atoms with Crippen LogP contribution < -0.4 is 9.86 Å². The molecule has 0 bridgehead atoms. The van der Waals surface area contributed by atoms with Gasteiger partial charge in [-0.3, -0.25) is 4.72 Å². The number of anilines is 1. The largest absolute Gasteiger partial charge is 0.334 e. The molecule has 0 atom stereocenters. The Balaban J connectivity index is 2.46. The summed E-state index contributed by atoms with van der Waals surface area (Å²) in [4.78, 5) is 5.94. The molecule has 0 aliphatic rings. The molecule has 0 radical (unpaired) electrons. The third-order valence-corrected chi connectivity index (χ3v) is 4.94. The average Bonchev–Trinajstić information content (AvgIpc) is 2.84. The molecular formula is C10H12N4O4S2. The molecule has 1 aromatic heterocycles. The Labute approximate surface area is 116 Å². The lowest BCUT2D eigenvalue weighted by Gasteiger charge is -2.11. The van der Waals surface area contributed by atoms with Gasteiger partial charge in [0.1, 0.15) is 0 Å². The number of H-pyrrole nitrogens is 1. The number of aromatic amines is 1. The molecule has 2 aromatic rings. The first-order valence-electron chi connectivity index (χ1n) is 5.35. The Morgan fingerprint density at radius 2 is 1.95 bits per heavy atom. The number of benzene rings is 1. The lowest BCUT2D eigenvalue weighted by atomic mass is 10.2. The van der Waals surface area contributed by atoms with E-state index in [-0.39, 0.29) is 21.2 Å². The molecular weight excluding hydrogens is 304 g/mol. The third kappa shape index (κ3) is 2.81. The van der Waals surface area contributed by atoms with Gasteiger partial charge < -0.3 is 4.98 Å². The van der Waals surface area contributed by atoms with Gasteiger partial charge in [0.2, 0.25) is 10.0 Å². The van der Waals surface area contributed by atoms with Crippen LogP contribution in [0.5, 0.6) is 0 Å². The predicted molar refractivity (Wildman–Crippen MR) is 71.9 cm³/mol. The molecule has 0 fully saturated rings. The van der Waals surface area contributed by atoms with Crippen molar-refractivity contribution in [2.45, 2.75) is 16.8 Å². The zero-order valence-corrected chi connectivity index (χ0v) is 12.0. The van der Waals surface area contributed by atoms with E-state index in [0.717, 1.165) is 6.20 Å². The van der Waals surface area contributed by atoms with Crippen molar-refractivity contribution in [1.82, 2.24) is 9.97 Å². The highest BCUT2D eigenvalue weighted by molar-refractivity contribution is 7.92. The second kappa shape index (κ2) is 4.89. The minimum atomic E-state index is -3.92. The van der Waals surface area contributed by atoms with Crippen LogP contribution in [0.2, 0.25) is 0 Å². The molecule has 0 aliphatic heterocycles. The van der Waals surface area contributed by atoms with Gasteiger partial charge in [0.05, 0.1) is 23.1 Å². The second-order valence-electron chi connectivity index (χ2n) is 4.00. The van der Waals surface area contributed by atoms with E-state index in [1.54, 1.807) is 0 Å². The van der Waals surface area contributed by atoms with E-state index in [1.165, 1.54) is 31.5 Å². The van der Waals surface area contributed by atoms with Gasteiger partial charge in [-0.2, -0.15) is 8.42 Å². The summed E-state index contributed by atoms with van der Waals surface area (Å²) in [5.41, 5.74) is 0.351. The quantitative estimate of drug-likeness (QED) is 0.738. The highest BCUT2D eigenvalue weighted by Crippen LogP contribution is 2.24. The summed E-state index contributed by atoms with van der Waals surface area (Å²) in [7, 11) is -7.78. The van der Waals surface area contributed by atoms with Gasteiger partial charge in [0.25, 0.3) is 10.0 Å². The third-order valence-electron chi connectivity index (χ3n) is 2.60. The summed E-state index contributed by atoms with van der Waals surface area (Å²) in [5, 5.41) is 4.94. The van der Waals surface area contributed by atoms with Crippen LogP contribution in [0.25, 0.3) is 0 Å². The fraction of sp³-hybridized carbons (Fsp3) is 0.100. The number of nitrogens with one attached hydrogen (secondary N) is 2. The average molecular weight is 316 g/mol. The maximum absolute atomic E-state index is 12.0. The van der Waals surface area contributed by atoms with Gasteiger partial charge in [0.15, 0.2) is 5.03 Å². The van der Waals surface area contributed by atoms with Crippen molar-refractivity contribution in [2.24, 2.45) is 5.14 Å². The molecule has 8 nitrogen and oxygen atoms in total. The van der Waals surface area contributed by atoms with E-state index in [9.17, 15) is 16.8 Å². The summed E-state index contributed by atoms with van der Waals surface area (Å²) in [5.74, 6) is 0. The van der Waals surface area contributed by atoms with Crippen LogP contribution in [-0.2, 0) is 20.0 Å². The van der Waals surface area contributed by atoms with E-state index in [2.05, 4.69) is 14.7 Å². The molecule has 4 N–H and O–H groups in total. The molecule has 0 unspecified atom stereocenters. The number of sulfonamides is 2. The van der Waals surface area contributed by atoms with Gasteiger partial charge in [-0.05, 0) is 24.6 Å². The topological polar surface area (TPSA) is 135 Å². The normalized spacial score (nSPS) is 12.3. The molecule has 0 amide bonds. The van der Waals surface area contributed by atoms with Gasteiger partial charge in [-0.25, -0.2) is 18.5 Å². The van der Waals surface area contributed by atoms with Gasteiger partial charge in [0, 0.05) is 0 Å². The van der Waals surface area contributed by atoms with Crippen LogP contribution in [0.1, 0.15) is 5.56 Å².